The third-order valence-corrected chi connectivity index (χ3v) is 1.70. The fourth-order valence-electron chi connectivity index (χ4n) is 0.225. The van der Waals surface area contributed by atoms with E-state index in [1.54, 1.807) is 13.0 Å². The number of hydrogen-bond donors (Lipinski definition) is 0. The second-order valence-electron chi connectivity index (χ2n) is 1.67. The average molecular weight is 197 g/mol. The summed E-state index contributed by atoms with van der Waals surface area (Å²) in [6.07, 6.45) is 1.79. The van der Waals surface area contributed by atoms with Gasteiger partial charge in [0.1, 0.15) is 0 Å². The lowest BCUT2D eigenvalue weighted by Crippen LogP contribution is -1.63. The van der Waals surface area contributed by atoms with E-state index in [2.05, 4.69) is 11.6 Å². The van der Waals surface area contributed by atoms with Gasteiger partial charge in [-0.05, 0) is 47.6 Å². The van der Waals surface area contributed by atoms with Crippen molar-refractivity contribution in [3.8, 4) is 11.6 Å². The lowest BCUT2D eigenvalue weighted by Gasteiger charge is -1.85. The molecule has 0 spiro atoms. The smallest absolute Gasteiger partial charge is 0.275 e. The van der Waals surface area contributed by atoms with Crippen LogP contribution < -0.4 is 0 Å². The van der Waals surface area contributed by atoms with Crippen LogP contribution in [0.4, 0.5) is 0 Å². The minimum absolute atomic E-state index is 0.807. The normalized spacial score (nSPS) is 12.2. The largest absolute Gasteiger partial charge is 0.323 e. The molecule has 0 radical (unpaired) electrons. The zero-order valence-electron chi connectivity index (χ0n) is 5.69. The summed E-state index contributed by atoms with van der Waals surface area (Å²) in [5.74, 6) is -0.634. The summed E-state index contributed by atoms with van der Waals surface area (Å²) in [5.41, 5.74) is 3.05. The van der Waals surface area contributed by atoms with Crippen molar-refractivity contribution < 1.29 is 4.57 Å². The highest BCUT2D eigenvalue weighted by molar-refractivity contribution is 8.11. The van der Waals surface area contributed by atoms with E-state index in [0.717, 1.165) is 5.57 Å². The highest BCUT2D eigenvalue weighted by atomic mass is 35.9. The van der Waals surface area contributed by atoms with Gasteiger partial charge in [-0.1, -0.05) is 12.0 Å². The quantitative estimate of drug-likeness (QED) is 0.428. The van der Waals surface area contributed by atoms with Crippen molar-refractivity contribution in [1.29, 1.82) is 0 Å². The van der Waals surface area contributed by atoms with Gasteiger partial charge in [-0.2, -0.15) is 0 Å². The maximum atomic E-state index is 10.6. The third-order valence-electron chi connectivity index (χ3n) is 0.816. The first-order valence-corrected chi connectivity index (χ1v) is 6.13. The summed E-state index contributed by atoms with van der Waals surface area (Å²) >= 11 is 10.3. The van der Waals surface area contributed by atoms with Crippen LogP contribution in [0.3, 0.4) is 0 Å². The molecule has 1 nitrogen and oxygen atoms in total. The Morgan fingerprint density at radius 2 is 2.10 bits per heavy atom. The Morgan fingerprint density at radius 3 is 2.40 bits per heavy atom. The number of halogens is 2. The number of rotatable bonds is 0. The zero-order valence-corrected chi connectivity index (χ0v) is 8.10. The summed E-state index contributed by atoms with van der Waals surface area (Å²) in [6, 6.07) is 0. The number of hydrogen-bond acceptors (Lipinski definition) is 1. The second kappa shape index (κ2) is 4.09. The molecular formula is C6H7Cl2OP. The maximum Gasteiger partial charge on any atom is 0.323 e. The molecule has 0 bridgehead atoms. The van der Waals surface area contributed by atoms with Crippen LogP contribution in [0.25, 0.3) is 0 Å². The SMILES string of the molecule is C/C=C(\C)C#CP(=O)(Cl)Cl. The minimum atomic E-state index is -3.19. The summed E-state index contributed by atoms with van der Waals surface area (Å²) < 4.78 is 10.6. The number of allylic oxidation sites excluding steroid dienone is 2. The van der Waals surface area contributed by atoms with Gasteiger partial charge in [0.05, 0.1) is 0 Å². The van der Waals surface area contributed by atoms with Crippen LogP contribution in [0.2, 0.25) is 0 Å². The van der Waals surface area contributed by atoms with Crippen LogP contribution in [0.5, 0.6) is 0 Å². The molecule has 0 amide bonds. The Labute approximate surface area is 70.4 Å². The molecule has 56 valence electrons. The monoisotopic (exact) mass is 196 g/mol. The van der Waals surface area contributed by atoms with Gasteiger partial charge in [0, 0.05) is 0 Å². The van der Waals surface area contributed by atoms with E-state index in [1.807, 2.05) is 6.92 Å². The summed E-state index contributed by atoms with van der Waals surface area (Å²) in [5, 5.41) is 0. The molecule has 0 N–H and O–H groups in total. The van der Waals surface area contributed by atoms with Gasteiger partial charge < -0.3 is 0 Å². The van der Waals surface area contributed by atoms with E-state index in [4.69, 9.17) is 22.5 Å². The van der Waals surface area contributed by atoms with Crippen molar-refractivity contribution in [3.63, 3.8) is 0 Å². The molecule has 0 aromatic heterocycles. The minimum Gasteiger partial charge on any atom is -0.275 e. The molecule has 0 aliphatic rings. The van der Waals surface area contributed by atoms with Gasteiger partial charge in [-0.15, -0.1) is 0 Å². The highest BCUT2D eigenvalue weighted by Gasteiger charge is 2.06. The molecule has 0 aliphatic carbocycles. The van der Waals surface area contributed by atoms with Gasteiger partial charge in [-0.25, -0.2) is 0 Å². The van der Waals surface area contributed by atoms with Crippen LogP contribution in [0, 0.1) is 11.6 Å². The van der Waals surface area contributed by atoms with E-state index in [0.29, 0.717) is 0 Å². The predicted octanol–water partition coefficient (Wildman–Crippen LogP) is 3.58. The maximum absolute atomic E-state index is 10.6. The molecule has 4 heteroatoms. The van der Waals surface area contributed by atoms with Crippen LogP contribution in [-0.4, -0.2) is 0 Å². The summed E-state index contributed by atoms with van der Waals surface area (Å²) in [4.78, 5) is 0. The first-order chi connectivity index (χ1) is 4.45. The molecule has 0 aromatic carbocycles. The first kappa shape index (κ1) is 10.1. The Kier molecular flexibility index (Phi) is 4.13. The molecule has 0 saturated heterocycles. The standard InChI is InChI=1S/C6H7Cl2OP/c1-3-6(2)4-5-10(7,8)9/h3H,1-2H3/b6-3+. The second-order valence-corrected chi connectivity index (χ2v) is 6.19. The highest BCUT2D eigenvalue weighted by Crippen LogP contribution is 2.55. The van der Waals surface area contributed by atoms with Crippen molar-refractivity contribution in [1.82, 2.24) is 0 Å². The van der Waals surface area contributed by atoms with Crippen molar-refractivity contribution in [2.24, 2.45) is 0 Å². The van der Waals surface area contributed by atoms with E-state index < -0.39 is 5.85 Å². The fraction of sp³-hybridized carbons (Fsp3) is 0.333. The van der Waals surface area contributed by atoms with Gasteiger partial charge in [-0.3, -0.25) is 4.57 Å². The van der Waals surface area contributed by atoms with E-state index in [9.17, 15) is 4.57 Å². The van der Waals surface area contributed by atoms with Crippen molar-refractivity contribution >= 4 is 28.3 Å². The van der Waals surface area contributed by atoms with Crippen molar-refractivity contribution in [3.05, 3.63) is 11.6 Å². The Morgan fingerprint density at radius 1 is 1.60 bits per heavy atom. The predicted molar refractivity (Wildman–Crippen MR) is 46.5 cm³/mol. The van der Waals surface area contributed by atoms with E-state index in [1.165, 1.54) is 0 Å². The van der Waals surface area contributed by atoms with Gasteiger partial charge in [0.2, 0.25) is 0 Å². The summed E-state index contributed by atoms with van der Waals surface area (Å²) in [6.45, 7) is 3.62. The van der Waals surface area contributed by atoms with Gasteiger partial charge in [0.25, 0.3) is 0 Å². The molecule has 0 fully saturated rings. The molecule has 0 rings (SSSR count). The molecule has 0 aliphatic heterocycles. The van der Waals surface area contributed by atoms with Gasteiger partial charge in [0.15, 0.2) is 0 Å². The zero-order chi connectivity index (χ0) is 8.20. The Bertz CT molecular complexity index is 240. The third kappa shape index (κ3) is 6.23. The average Bonchev–Trinajstić information content (AvgIpc) is 1.81. The molecule has 10 heavy (non-hydrogen) atoms. The van der Waals surface area contributed by atoms with Crippen LogP contribution in [0.15, 0.2) is 11.6 Å². The molecular weight excluding hydrogens is 190 g/mol. The van der Waals surface area contributed by atoms with Crippen LogP contribution in [0.1, 0.15) is 13.8 Å². The molecule has 0 heterocycles. The molecule has 0 atom stereocenters. The van der Waals surface area contributed by atoms with Crippen molar-refractivity contribution in [2.75, 3.05) is 0 Å². The van der Waals surface area contributed by atoms with E-state index in [-0.39, 0.29) is 0 Å². The molecule has 0 saturated carbocycles. The summed E-state index contributed by atoms with van der Waals surface area (Å²) in [7, 11) is 0. The lowest BCUT2D eigenvalue weighted by atomic mass is 10.3. The van der Waals surface area contributed by atoms with Crippen LogP contribution >= 0.6 is 28.3 Å². The van der Waals surface area contributed by atoms with Crippen LogP contribution in [-0.2, 0) is 4.57 Å². The Hall–Kier alpha value is 0.110. The topological polar surface area (TPSA) is 17.1 Å². The van der Waals surface area contributed by atoms with Crippen molar-refractivity contribution in [2.45, 2.75) is 13.8 Å². The Balaban J connectivity index is 4.34. The first-order valence-electron chi connectivity index (χ1n) is 2.61. The van der Waals surface area contributed by atoms with E-state index >= 15 is 0 Å². The lowest BCUT2D eigenvalue weighted by molar-refractivity contribution is 0.598. The molecule has 0 unspecified atom stereocenters. The van der Waals surface area contributed by atoms with Gasteiger partial charge >= 0.3 is 5.85 Å². The molecule has 0 aromatic rings. The fourth-order valence-corrected chi connectivity index (χ4v) is 0.785.